The number of carbonyl (C=O) groups is 1. The maximum absolute atomic E-state index is 11.9. The van der Waals surface area contributed by atoms with Crippen LogP contribution in [0.2, 0.25) is 0 Å². The summed E-state index contributed by atoms with van der Waals surface area (Å²) < 4.78 is 9.72. The Morgan fingerprint density at radius 3 is 3.00 bits per heavy atom. The van der Waals surface area contributed by atoms with Crippen LogP contribution in [-0.2, 0) is 9.53 Å². The molecule has 1 fully saturated rings. The lowest BCUT2D eigenvalue weighted by atomic mass is 10.1. The minimum Gasteiger partial charge on any atom is -0.443 e. The van der Waals surface area contributed by atoms with Gasteiger partial charge in [-0.1, -0.05) is 6.42 Å². The standard InChI is InChI=1S/C13H15N5O5/c19-13(9-3-1-2-6-14-9)22-7-15-8-4-5-10(18(20)21)12-11(8)16-23-17-12/h4-5,9,14-15H,1-3,6-7H2/t9-/m0/s1. The summed E-state index contributed by atoms with van der Waals surface area (Å²) in [4.78, 5) is 22.2. The second kappa shape index (κ2) is 6.57. The summed E-state index contributed by atoms with van der Waals surface area (Å²) in [6, 6.07) is 2.48. The molecule has 2 N–H and O–H groups in total. The highest BCUT2D eigenvalue weighted by Crippen LogP contribution is 2.28. The topological polar surface area (TPSA) is 132 Å². The molecule has 1 aliphatic heterocycles. The molecule has 10 nitrogen and oxygen atoms in total. The summed E-state index contributed by atoms with van der Waals surface area (Å²) >= 11 is 0. The predicted octanol–water partition coefficient (Wildman–Crippen LogP) is 1.19. The lowest BCUT2D eigenvalue weighted by molar-refractivity contribution is -0.383. The van der Waals surface area contributed by atoms with Crippen LogP contribution in [0.5, 0.6) is 0 Å². The minimum atomic E-state index is -0.564. The normalized spacial score (nSPS) is 17.8. The molecule has 1 aromatic carbocycles. The first-order chi connectivity index (χ1) is 11.2. The summed E-state index contributed by atoms with van der Waals surface area (Å²) in [5.41, 5.74) is 0.498. The summed E-state index contributed by atoms with van der Waals surface area (Å²) in [6.45, 7) is 0.734. The van der Waals surface area contributed by atoms with Gasteiger partial charge in [0.15, 0.2) is 12.2 Å². The third kappa shape index (κ3) is 3.21. The van der Waals surface area contributed by atoms with Crippen molar-refractivity contribution in [3.05, 3.63) is 22.2 Å². The van der Waals surface area contributed by atoms with E-state index in [0.29, 0.717) is 5.69 Å². The van der Waals surface area contributed by atoms with Gasteiger partial charge in [0.05, 0.1) is 10.6 Å². The van der Waals surface area contributed by atoms with Crippen LogP contribution in [0.3, 0.4) is 0 Å². The molecule has 0 spiro atoms. The van der Waals surface area contributed by atoms with Gasteiger partial charge < -0.3 is 15.4 Å². The van der Waals surface area contributed by atoms with Gasteiger partial charge in [-0.3, -0.25) is 14.9 Å². The summed E-state index contributed by atoms with van der Waals surface area (Å²) in [7, 11) is 0. The Labute approximate surface area is 130 Å². The monoisotopic (exact) mass is 321 g/mol. The molecular weight excluding hydrogens is 306 g/mol. The van der Waals surface area contributed by atoms with Crippen molar-refractivity contribution in [3.8, 4) is 0 Å². The SMILES string of the molecule is O=C(OCNc1ccc([N+](=O)[O-])c2nonc12)[C@@H]1CCCCN1. The first-order valence-corrected chi connectivity index (χ1v) is 7.20. The molecule has 2 aromatic rings. The summed E-state index contributed by atoms with van der Waals surface area (Å²) in [6.07, 6.45) is 2.81. The number of nitrogens with one attached hydrogen (secondary N) is 2. The zero-order chi connectivity index (χ0) is 16.2. The number of ether oxygens (including phenoxy) is 1. The van der Waals surface area contributed by atoms with Gasteiger partial charge in [0.25, 0.3) is 0 Å². The molecule has 0 amide bonds. The van der Waals surface area contributed by atoms with Crippen LogP contribution >= 0.6 is 0 Å². The van der Waals surface area contributed by atoms with E-state index in [1.807, 2.05) is 0 Å². The smallest absolute Gasteiger partial charge is 0.324 e. The number of nitro benzene ring substituents is 1. The fourth-order valence-corrected chi connectivity index (χ4v) is 2.48. The van der Waals surface area contributed by atoms with Crippen molar-refractivity contribution < 1.29 is 19.1 Å². The number of hydrogen-bond donors (Lipinski definition) is 2. The number of non-ortho nitro benzene ring substituents is 1. The molecule has 0 aliphatic carbocycles. The van der Waals surface area contributed by atoms with Crippen LogP contribution in [0.25, 0.3) is 11.0 Å². The van der Waals surface area contributed by atoms with Gasteiger partial charge >= 0.3 is 11.7 Å². The molecule has 1 aliphatic rings. The Bertz CT molecular complexity index is 725. The molecule has 1 atom stereocenters. The van der Waals surface area contributed by atoms with E-state index in [9.17, 15) is 14.9 Å². The second-order valence-electron chi connectivity index (χ2n) is 5.14. The van der Waals surface area contributed by atoms with Crippen molar-refractivity contribution in [1.29, 1.82) is 0 Å². The van der Waals surface area contributed by atoms with Crippen molar-refractivity contribution in [2.75, 3.05) is 18.6 Å². The molecule has 0 bridgehead atoms. The average Bonchev–Trinajstić information content (AvgIpc) is 3.05. The van der Waals surface area contributed by atoms with Crippen molar-refractivity contribution in [3.63, 3.8) is 0 Å². The van der Waals surface area contributed by atoms with Crippen molar-refractivity contribution in [2.24, 2.45) is 0 Å². The third-order valence-electron chi connectivity index (χ3n) is 3.66. The van der Waals surface area contributed by atoms with E-state index in [-0.39, 0.29) is 35.5 Å². The largest absolute Gasteiger partial charge is 0.443 e. The van der Waals surface area contributed by atoms with E-state index < -0.39 is 4.92 Å². The third-order valence-corrected chi connectivity index (χ3v) is 3.66. The fraction of sp³-hybridized carbons (Fsp3) is 0.462. The van der Waals surface area contributed by atoms with E-state index in [4.69, 9.17) is 4.74 Å². The van der Waals surface area contributed by atoms with Crippen LogP contribution in [0.15, 0.2) is 16.8 Å². The van der Waals surface area contributed by atoms with E-state index in [0.717, 1.165) is 25.8 Å². The van der Waals surface area contributed by atoms with E-state index >= 15 is 0 Å². The number of aromatic nitrogens is 2. The van der Waals surface area contributed by atoms with Gasteiger partial charge in [0.1, 0.15) is 6.04 Å². The Balaban J connectivity index is 1.63. The number of fused-ring (bicyclic) bond motifs is 1. The van der Waals surface area contributed by atoms with E-state index in [2.05, 4.69) is 25.6 Å². The van der Waals surface area contributed by atoms with E-state index in [1.165, 1.54) is 12.1 Å². The van der Waals surface area contributed by atoms with Crippen molar-refractivity contribution >= 4 is 28.4 Å². The molecule has 0 radical (unpaired) electrons. The average molecular weight is 321 g/mol. The highest BCUT2D eigenvalue weighted by atomic mass is 16.6. The summed E-state index contributed by atoms with van der Waals surface area (Å²) in [5.74, 6) is -0.325. The lowest BCUT2D eigenvalue weighted by Crippen LogP contribution is -2.41. The molecule has 3 rings (SSSR count). The Morgan fingerprint density at radius 2 is 2.26 bits per heavy atom. The van der Waals surface area contributed by atoms with Gasteiger partial charge in [-0.05, 0) is 35.8 Å². The minimum absolute atomic E-state index is 0.0419. The number of nitro groups is 1. The summed E-state index contributed by atoms with van der Waals surface area (Å²) in [5, 5.41) is 24.0. The lowest BCUT2D eigenvalue weighted by Gasteiger charge is -2.21. The molecule has 0 unspecified atom stereocenters. The number of nitrogens with zero attached hydrogens (tertiary/aromatic N) is 3. The number of rotatable bonds is 5. The van der Waals surface area contributed by atoms with Crippen molar-refractivity contribution in [1.82, 2.24) is 15.6 Å². The second-order valence-corrected chi connectivity index (χ2v) is 5.14. The molecule has 2 heterocycles. The Hall–Kier alpha value is -2.75. The molecule has 0 saturated carbocycles. The molecule has 122 valence electrons. The van der Waals surface area contributed by atoms with Crippen molar-refractivity contribution in [2.45, 2.75) is 25.3 Å². The van der Waals surface area contributed by atoms with Gasteiger partial charge in [0, 0.05) is 6.07 Å². The van der Waals surface area contributed by atoms with Crippen LogP contribution < -0.4 is 10.6 Å². The quantitative estimate of drug-likeness (QED) is 0.360. The number of benzene rings is 1. The van der Waals surface area contributed by atoms with Gasteiger partial charge in [-0.25, -0.2) is 4.63 Å². The van der Waals surface area contributed by atoms with Gasteiger partial charge in [-0.2, -0.15) is 0 Å². The number of anilines is 1. The van der Waals surface area contributed by atoms with E-state index in [1.54, 1.807) is 0 Å². The molecule has 1 saturated heterocycles. The van der Waals surface area contributed by atoms with Crippen LogP contribution in [0, 0.1) is 10.1 Å². The van der Waals surface area contributed by atoms with Gasteiger partial charge in [0.2, 0.25) is 5.52 Å². The fourth-order valence-electron chi connectivity index (χ4n) is 2.48. The van der Waals surface area contributed by atoms with Crippen LogP contribution in [0.4, 0.5) is 11.4 Å². The number of esters is 1. The zero-order valence-electron chi connectivity index (χ0n) is 12.2. The van der Waals surface area contributed by atoms with Crippen LogP contribution in [-0.4, -0.2) is 40.5 Å². The zero-order valence-corrected chi connectivity index (χ0v) is 12.2. The number of carbonyl (C=O) groups excluding carboxylic acids is 1. The van der Waals surface area contributed by atoms with Gasteiger partial charge in [-0.15, -0.1) is 0 Å². The highest BCUT2D eigenvalue weighted by molar-refractivity contribution is 5.93. The number of piperidine rings is 1. The maximum Gasteiger partial charge on any atom is 0.324 e. The maximum atomic E-state index is 11.9. The molecule has 23 heavy (non-hydrogen) atoms. The highest BCUT2D eigenvalue weighted by Gasteiger charge is 2.22. The molecule has 10 heteroatoms. The Morgan fingerprint density at radius 1 is 1.43 bits per heavy atom. The Kier molecular flexibility index (Phi) is 4.33. The first-order valence-electron chi connectivity index (χ1n) is 7.20. The number of hydrogen-bond acceptors (Lipinski definition) is 9. The van der Waals surface area contributed by atoms with Crippen LogP contribution in [0.1, 0.15) is 19.3 Å². The molecule has 1 aromatic heterocycles. The molecular formula is C13H15N5O5. The first kappa shape index (κ1) is 15.2. The predicted molar refractivity (Wildman–Crippen MR) is 78.7 cm³/mol.